The second-order valence-corrected chi connectivity index (χ2v) is 5.42. The molecule has 1 aliphatic heterocycles. The van der Waals surface area contributed by atoms with Crippen molar-refractivity contribution in [2.75, 3.05) is 6.54 Å². The van der Waals surface area contributed by atoms with Crippen LogP contribution in [0.5, 0.6) is 0 Å². The molecular weight excluding hydrogens is 248 g/mol. The minimum Gasteiger partial charge on any atom is -0.439 e. The van der Waals surface area contributed by atoms with E-state index in [0.29, 0.717) is 5.02 Å². The lowest BCUT2D eigenvalue weighted by molar-refractivity contribution is 0.409. The zero-order chi connectivity index (χ0) is 12.5. The Bertz CT molecular complexity index is 556. The summed E-state index contributed by atoms with van der Waals surface area (Å²) in [5.74, 6) is 0.803. The molecule has 2 aromatic rings. The largest absolute Gasteiger partial charge is 0.439 e. The highest BCUT2D eigenvalue weighted by Crippen LogP contribution is 2.29. The first-order chi connectivity index (χ1) is 8.74. The van der Waals surface area contributed by atoms with Gasteiger partial charge in [0, 0.05) is 5.02 Å². The molecule has 1 aromatic carbocycles. The Hall–Kier alpha value is -1.06. The fourth-order valence-electron chi connectivity index (χ4n) is 2.56. The van der Waals surface area contributed by atoms with Crippen LogP contribution in [0.2, 0.25) is 5.02 Å². The van der Waals surface area contributed by atoms with Crippen molar-refractivity contribution >= 4 is 22.7 Å². The molecule has 1 fully saturated rings. The summed E-state index contributed by atoms with van der Waals surface area (Å²) in [5.41, 5.74) is 2.77. The van der Waals surface area contributed by atoms with Crippen molar-refractivity contribution in [1.82, 2.24) is 10.3 Å². The molecule has 1 N–H and O–H groups in total. The molecule has 3 rings (SSSR count). The van der Waals surface area contributed by atoms with Gasteiger partial charge in [-0.25, -0.2) is 4.98 Å². The van der Waals surface area contributed by atoms with Crippen molar-refractivity contribution in [3.8, 4) is 0 Å². The van der Waals surface area contributed by atoms with Crippen molar-refractivity contribution in [1.29, 1.82) is 0 Å². The molecule has 2 heterocycles. The molecule has 1 atom stereocenters. The zero-order valence-electron chi connectivity index (χ0n) is 10.5. The zero-order valence-corrected chi connectivity index (χ0v) is 11.3. The van der Waals surface area contributed by atoms with Crippen molar-refractivity contribution in [2.45, 2.75) is 38.6 Å². The lowest BCUT2D eigenvalue weighted by Gasteiger charge is -2.10. The van der Waals surface area contributed by atoms with Crippen LogP contribution in [0.15, 0.2) is 16.5 Å². The van der Waals surface area contributed by atoms with Crippen molar-refractivity contribution < 1.29 is 4.42 Å². The van der Waals surface area contributed by atoms with Crippen molar-refractivity contribution in [2.24, 2.45) is 0 Å². The first kappa shape index (κ1) is 12.0. The number of aromatic nitrogens is 1. The number of benzene rings is 1. The summed E-state index contributed by atoms with van der Waals surface area (Å²) in [7, 11) is 0. The van der Waals surface area contributed by atoms with Gasteiger partial charge in [-0.05, 0) is 44.0 Å². The predicted molar refractivity (Wildman–Crippen MR) is 73.0 cm³/mol. The molecule has 4 heteroatoms. The van der Waals surface area contributed by atoms with Gasteiger partial charge in [-0.2, -0.15) is 0 Å². The van der Waals surface area contributed by atoms with E-state index in [1.165, 1.54) is 19.3 Å². The van der Waals surface area contributed by atoms with Crippen molar-refractivity contribution in [3.05, 3.63) is 28.6 Å². The molecule has 1 aromatic heterocycles. The van der Waals surface area contributed by atoms with Gasteiger partial charge >= 0.3 is 0 Å². The van der Waals surface area contributed by atoms with Crippen LogP contribution in [0.1, 0.15) is 43.2 Å². The van der Waals surface area contributed by atoms with Crippen LogP contribution < -0.4 is 5.32 Å². The average Bonchev–Trinajstić information content (AvgIpc) is 2.59. The van der Waals surface area contributed by atoms with Gasteiger partial charge in [-0.1, -0.05) is 24.4 Å². The van der Waals surface area contributed by atoms with Crippen molar-refractivity contribution in [3.63, 3.8) is 0 Å². The number of rotatable bonds is 1. The SMILES string of the molecule is Cc1cc(Cl)cc2nc(C3CCCCCN3)oc12. The van der Waals surface area contributed by atoms with Gasteiger partial charge < -0.3 is 9.73 Å². The number of fused-ring (bicyclic) bond motifs is 1. The Labute approximate surface area is 112 Å². The molecule has 96 valence electrons. The topological polar surface area (TPSA) is 38.1 Å². The summed E-state index contributed by atoms with van der Waals surface area (Å²) >= 11 is 6.05. The Morgan fingerprint density at radius 1 is 1.33 bits per heavy atom. The molecule has 0 saturated carbocycles. The van der Waals surface area contributed by atoms with Gasteiger partial charge in [0.05, 0.1) is 6.04 Å². The highest BCUT2D eigenvalue weighted by molar-refractivity contribution is 6.31. The number of halogens is 1. The van der Waals surface area contributed by atoms with Crippen LogP contribution in [0, 0.1) is 6.92 Å². The second-order valence-electron chi connectivity index (χ2n) is 4.98. The summed E-state index contributed by atoms with van der Waals surface area (Å²) in [6.07, 6.45) is 4.85. The number of oxazole rings is 1. The molecular formula is C14H17ClN2O. The minimum atomic E-state index is 0.248. The summed E-state index contributed by atoms with van der Waals surface area (Å²) in [5, 5.41) is 4.22. The van der Waals surface area contributed by atoms with E-state index < -0.39 is 0 Å². The minimum absolute atomic E-state index is 0.248. The van der Waals surface area contributed by atoms with Gasteiger partial charge in [0.25, 0.3) is 0 Å². The summed E-state index contributed by atoms with van der Waals surface area (Å²) < 4.78 is 5.92. The van der Waals surface area contributed by atoms with Crippen LogP contribution in [0.25, 0.3) is 11.1 Å². The molecule has 18 heavy (non-hydrogen) atoms. The molecule has 3 nitrogen and oxygen atoms in total. The smallest absolute Gasteiger partial charge is 0.212 e. The lowest BCUT2D eigenvalue weighted by atomic mass is 10.1. The van der Waals surface area contributed by atoms with Gasteiger partial charge in [0.1, 0.15) is 5.52 Å². The van der Waals surface area contributed by atoms with Gasteiger partial charge in [0.2, 0.25) is 5.89 Å². The quantitative estimate of drug-likeness (QED) is 0.846. The third-order valence-electron chi connectivity index (χ3n) is 3.52. The highest BCUT2D eigenvalue weighted by Gasteiger charge is 2.20. The fraction of sp³-hybridized carbons (Fsp3) is 0.500. The van der Waals surface area contributed by atoms with Gasteiger partial charge in [-0.15, -0.1) is 0 Å². The molecule has 1 saturated heterocycles. The molecule has 1 unspecified atom stereocenters. The monoisotopic (exact) mass is 264 g/mol. The number of hydrogen-bond acceptors (Lipinski definition) is 3. The molecule has 0 spiro atoms. The first-order valence-electron chi connectivity index (χ1n) is 6.54. The maximum Gasteiger partial charge on any atom is 0.212 e. The van der Waals surface area contributed by atoms with Crippen LogP contribution in [0.4, 0.5) is 0 Å². The van der Waals surface area contributed by atoms with E-state index >= 15 is 0 Å². The first-order valence-corrected chi connectivity index (χ1v) is 6.92. The van der Waals surface area contributed by atoms with Crippen LogP contribution in [-0.2, 0) is 0 Å². The summed E-state index contributed by atoms with van der Waals surface area (Å²) in [6, 6.07) is 4.03. The Balaban J connectivity index is 1.99. The predicted octanol–water partition coefficient (Wildman–Crippen LogP) is 3.99. The van der Waals surface area contributed by atoms with E-state index in [-0.39, 0.29) is 6.04 Å². The third kappa shape index (κ3) is 2.25. The van der Waals surface area contributed by atoms with E-state index in [1.54, 1.807) is 0 Å². The van der Waals surface area contributed by atoms with E-state index in [1.807, 2.05) is 19.1 Å². The molecule has 1 aliphatic rings. The van der Waals surface area contributed by atoms with Gasteiger partial charge in [-0.3, -0.25) is 0 Å². The van der Waals surface area contributed by atoms with E-state index in [2.05, 4.69) is 10.3 Å². The number of aryl methyl sites for hydroxylation is 1. The van der Waals surface area contributed by atoms with Crippen LogP contribution in [-0.4, -0.2) is 11.5 Å². The molecule has 0 amide bonds. The van der Waals surface area contributed by atoms with E-state index in [0.717, 1.165) is 35.5 Å². The van der Waals surface area contributed by atoms with Crippen LogP contribution in [0.3, 0.4) is 0 Å². The Morgan fingerprint density at radius 3 is 3.11 bits per heavy atom. The lowest BCUT2D eigenvalue weighted by Crippen LogP contribution is -2.20. The molecule has 0 bridgehead atoms. The number of nitrogens with zero attached hydrogens (tertiary/aromatic N) is 1. The summed E-state index contributed by atoms with van der Waals surface area (Å²) in [4.78, 5) is 4.59. The summed E-state index contributed by atoms with van der Waals surface area (Å²) in [6.45, 7) is 3.05. The second kappa shape index (κ2) is 4.90. The molecule has 0 aliphatic carbocycles. The van der Waals surface area contributed by atoms with Gasteiger partial charge in [0.15, 0.2) is 5.58 Å². The average molecular weight is 265 g/mol. The Morgan fingerprint density at radius 2 is 2.22 bits per heavy atom. The fourth-order valence-corrected chi connectivity index (χ4v) is 2.83. The van der Waals surface area contributed by atoms with E-state index in [9.17, 15) is 0 Å². The highest BCUT2D eigenvalue weighted by atomic mass is 35.5. The third-order valence-corrected chi connectivity index (χ3v) is 3.73. The maximum absolute atomic E-state index is 6.05. The standard InChI is InChI=1S/C14H17ClN2O/c1-9-7-10(15)8-12-13(9)18-14(17-12)11-5-3-2-4-6-16-11/h7-8,11,16H,2-6H2,1H3. The maximum atomic E-state index is 6.05. The van der Waals surface area contributed by atoms with E-state index in [4.69, 9.17) is 16.0 Å². The number of hydrogen-bond donors (Lipinski definition) is 1. The number of nitrogens with one attached hydrogen (secondary N) is 1. The van der Waals surface area contributed by atoms with Crippen LogP contribution >= 0.6 is 11.6 Å². The Kier molecular flexibility index (Phi) is 3.27. The normalized spacial score (nSPS) is 21.1. The molecule has 0 radical (unpaired) electrons.